The molecule has 0 bridgehead atoms. The van der Waals surface area contributed by atoms with Crippen LogP contribution in [0.5, 0.6) is 0 Å². The van der Waals surface area contributed by atoms with Crippen molar-refractivity contribution in [2.75, 3.05) is 18.9 Å². The van der Waals surface area contributed by atoms with E-state index in [2.05, 4.69) is 15.3 Å². The molecule has 2 heterocycles. The number of aromatic nitrogens is 2. The van der Waals surface area contributed by atoms with Crippen LogP contribution in [-0.2, 0) is 16.6 Å². The normalized spacial score (nSPS) is 11.8. The van der Waals surface area contributed by atoms with E-state index in [-0.39, 0.29) is 11.4 Å². The molecule has 20 heavy (non-hydrogen) atoms. The average molecular weight is 312 g/mol. The van der Waals surface area contributed by atoms with E-state index in [0.29, 0.717) is 12.2 Å². The second-order valence-corrected chi connectivity index (χ2v) is 6.88. The van der Waals surface area contributed by atoms with Gasteiger partial charge in [0.05, 0.1) is 23.4 Å². The van der Waals surface area contributed by atoms with Gasteiger partial charge in [-0.05, 0) is 13.0 Å². The molecule has 0 aliphatic heterocycles. The van der Waals surface area contributed by atoms with Crippen molar-refractivity contribution in [1.82, 2.24) is 14.3 Å². The molecule has 2 aromatic heterocycles. The van der Waals surface area contributed by atoms with Crippen LogP contribution in [0.25, 0.3) is 0 Å². The molecule has 0 atom stereocenters. The highest BCUT2D eigenvalue weighted by Crippen LogP contribution is 2.23. The van der Waals surface area contributed by atoms with Gasteiger partial charge in [-0.15, -0.1) is 11.3 Å². The summed E-state index contributed by atoms with van der Waals surface area (Å²) in [6.07, 6.45) is 2.93. The fourth-order valence-electron chi connectivity index (χ4n) is 1.72. The lowest BCUT2D eigenvalue weighted by Crippen LogP contribution is -2.27. The fourth-order valence-corrected chi connectivity index (χ4v) is 3.52. The predicted octanol–water partition coefficient (Wildman–Crippen LogP) is 1.79. The van der Waals surface area contributed by atoms with E-state index >= 15 is 0 Å². The van der Waals surface area contributed by atoms with Gasteiger partial charge in [0, 0.05) is 31.4 Å². The monoisotopic (exact) mass is 312 g/mol. The topological polar surface area (TPSA) is 75.2 Å². The van der Waals surface area contributed by atoms with Crippen molar-refractivity contribution in [3.63, 3.8) is 0 Å². The van der Waals surface area contributed by atoms with Crippen molar-refractivity contribution in [2.24, 2.45) is 0 Å². The van der Waals surface area contributed by atoms with Crippen LogP contribution in [0.4, 0.5) is 5.69 Å². The van der Waals surface area contributed by atoms with E-state index < -0.39 is 10.0 Å². The quantitative estimate of drug-likeness (QED) is 0.880. The van der Waals surface area contributed by atoms with Crippen molar-refractivity contribution in [1.29, 1.82) is 0 Å². The molecule has 0 aliphatic rings. The Balaban J connectivity index is 2.30. The molecular weight excluding hydrogens is 296 g/mol. The van der Waals surface area contributed by atoms with Crippen LogP contribution in [0.15, 0.2) is 34.2 Å². The lowest BCUT2D eigenvalue weighted by Gasteiger charge is -2.18. The van der Waals surface area contributed by atoms with Crippen molar-refractivity contribution in [3.8, 4) is 0 Å². The Kier molecular flexibility index (Phi) is 4.69. The second-order valence-electron chi connectivity index (χ2n) is 4.14. The standard InChI is InChI=1S/C12H16N4O2S2/c1-3-14-11-4-5-13-6-12(11)20(17,18)16(2)7-10-8-19-9-15-10/h4-6,8-9H,3,7H2,1-2H3,(H,13,14). The summed E-state index contributed by atoms with van der Waals surface area (Å²) < 4.78 is 26.4. The number of hydrogen-bond donors (Lipinski definition) is 1. The molecule has 0 saturated heterocycles. The summed E-state index contributed by atoms with van der Waals surface area (Å²) in [6.45, 7) is 2.80. The molecule has 0 aromatic carbocycles. The van der Waals surface area contributed by atoms with Crippen LogP contribution in [0.2, 0.25) is 0 Å². The summed E-state index contributed by atoms with van der Waals surface area (Å²) in [5.41, 5.74) is 2.98. The van der Waals surface area contributed by atoms with Gasteiger partial charge in [0.15, 0.2) is 0 Å². The van der Waals surface area contributed by atoms with Gasteiger partial charge >= 0.3 is 0 Å². The zero-order chi connectivity index (χ0) is 14.6. The highest BCUT2D eigenvalue weighted by atomic mass is 32.2. The van der Waals surface area contributed by atoms with Crippen molar-refractivity contribution >= 4 is 27.0 Å². The number of sulfonamides is 1. The van der Waals surface area contributed by atoms with Gasteiger partial charge in [-0.25, -0.2) is 13.4 Å². The minimum atomic E-state index is -3.59. The summed E-state index contributed by atoms with van der Waals surface area (Å²) in [4.78, 5) is 8.20. The van der Waals surface area contributed by atoms with Crippen LogP contribution in [0.1, 0.15) is 12.6 Å². The van der Waals surface area contributed by atoms with Crippen LogP contribution in [0, 0.1) is 0 Å². The number of hydrogen-bond acceptors (Lipinski definition) is 6. The molecule has 2 aromatic rings. The Bertz CT molecular complexity index is 656. The SMILES string of the molecule is CCNc1ccncc1S(=O)(=O)N(C)Cc1cscn1. The number of nitrogens with zero attached hydrogens (tertiary/aromatic N) is 3. The van der Waals surface area contributed by atoms with E-state index in [0.717, 1.165) is 5.69 Å². The van der Waals surface area contributed by atoms with Gasteiger partial charge in [0.25, 0.3) is 0 Å². The summed E-state index contributed by atoms with van der Waals surface area (Å²) in [6, 6.07) is 1.66. The lowest BCUT2D eigenvalue weighted by molar-refractivity contribution is 0.463. The van der Waals surface area contributed by atoms with E-state index in [4.69, 9.17) is 0 Å². The van der Waals surface area contributed by atoms with E-state index in [1.165, 1.54) is 28.9 Å². The Hall–Kier alpha value is -1.51. The van der Waals surface area contributed by atoms with Crippen LogP contribution in [-0.4, -0.2) is 36.3 Å². The molecule has 8 heteroatoms. The van der Waals surface area contributed by atoms with E-state index in [1.54, 1.807) is 17.8 Å². The molecule has 0 radical (unpaired) electrons. The number of thiazole rings is 1. The maximum Gasteiger partial charge on any atom is 0.246 e. The first kappa shape index (κ1) is 14.9. The van der Waals surface area contributed by atoms with Gasteiger partial charge in [-0.2, -0.15) is 4.31 Å². The molecule has 0 aliphatic carbocycles. The molecule has 108 valence electrons. The lowest BCUT2D eigenvalue weighted by atomic mass is 10.4. The predicted molar refractivity (Wildman–Crippen MR) is 79.2 cm³/mol. The molecule has 1 N–H and O–H groups in total. The van der Waals surface area contributed by atoms with Gasteiger partial charge in [-0.1, -0.05) is 0 Å². The van der Waals surface area contributed by atoms with E-state index in [1.807, 2.05) is 12.3 Å². The van der Waals surface area contributed by atoms with Crippen molar-refractivity contribution < 1.29 is 8.42 Å². The van der Waals surface area contributed by atoms with Gasteiger partial charge < -0.3 is 5.32 Å². The smallest absolute Gasteiger partial charge is 0.246 e. The fraction of sp³-hybridized carbons (Fsp3) is 0.333. The summed E-state index contributed by atoms with van der Waals surface area (Å²) in [5.74, 6) is 0. The molecule has 0 fully saturated rings. The molecule has 0 amide bonds. The molecule has 0 saturated carbocycles. The molecule has 0 spiro atoms. The zero-order valence-electron chi connectivity index (χ0n) is 11.3. The zero-order valence-corrected chi connectivity index (χ0v) is 12.9. The Labute approximate surface area is 122 Å². The van der Waals surface area contributed by atoms with Gasteiger partial charge in [0.1, 0.15) is 4.90 Å². The molecule has 2 rings (SSSR count). The van der Waals surface area contributed by atoms with Gasteiger partial charge in [-0.3, -0.25) is 4.98 Å². The summed E-state index contributed by atoms with van der Waals surface area (Å²) >= 11 is 1.44. The Morgan fingerprint density at radius 1 is 1.45 bits per heavy atom. The number of rotatable bonds is 6. The van der Waals surface area contributed by atoms with Crippen molar-refractivity contribution in [3.05, 3.63) is 35.0 Å². The van der Waals surface area contributed by atoms with Crippen molar-refractivity contribution in [2.45, 2.75) is 18.4 Å². The van der Waals surface area contributed by atoms with Crippen LogP contribution < -0.4 is 5.32 Å². The summed E-state index contributed by atoms with van der Waals surface area (Å²) in [7, 11) is -2.06. The summed E-state index contributed by atoms with van der Waals surface area (Å²) in [5, 5.41) is 4.87. The first-order valence-corrected chi connectivity index (χ1v) is 8.45. The first-order valence-electron chi connectivity index (χ1n) is 6.07. The number of pyridine rings is 1. The van der Waals surface area contributed by atoms with Gasteiger partial charge in [0.2, 0.25) is 10.0 Å². The number of nitrogens with one attached hydrogen (secondary N) is 1. The molecule has 6 nitrogen and oxygen atoms in total. The van der Waals surface area contributed by atoms with E-state index in [9.17, 15) is 8.42 Å². The van der Waals surface area contributed by atoms with Crippen LogP contribution in [0.3, 0.4) is 0 Å². The first-order chi connectivity index (χ1) is 9.55. The number of anilines is 1. The third kappa shape index (κ3) is 3.14. The Morgan fingerprint density at radius 2 is 2.25 bits per heavy atom. The third-order valence-corrected chi connectivity index (χ3v) is 5.17. The Morgan fingerprint density at radius 3 is 2.90 bits per heavy atom. The third-order valence-electron chi connectivity index (χ3n) is 2.71. The highest BCUT2D eigenvalue weighted by molar-refractivity contribution is 7.89. The largest absolute Gasteiger partial charge is 0.384 e. The average Bonchev–Trinajstić information content (AvgIpc) is 2.92. The second kappa shape index (κ2) is 6.29. The molecular formula is C12H16N4O2S2. The molecule has 0 unspecified atom stereocenters. The minimum absolute atomic E-state index is 0.180. The highest BCUT2D eigenvalue weighted by Gasteiger charge is 2.24. The van der Waals surface area contributed by atoms with Crippen LogP contribution >= 0.6 is 11.3 Å². The maximum atomic E-state index is 12.6. The minimum Gasteiger partial charge on any atom is -0.384 e. The maximum absolute atomic E-state index is 12.6.